The van der Waals surface area contributed by atoms with Gasteiger partial charge in [-0.2, -0.15) is 0 Å². The van der Waals surface area contributed by atoms with Gasteiger partial charge in [-0.05, 0) is 36.6 Å². The number of carbonyl (C=O) groups is 2. The standard InChI is InChI=1S/C24H24ClFN4O2S/c1-29(18-9-11-30(12-10-18)14-16-5-3-2-4-6-16)23(32)21-15-33-24(27-21)28-22(31)17-7-8-20(26)19(25)13-17/h2-8,13,15,18H,9-12,14H2,1H3,(H,27,28,31). The summed E-state index contributed by atoms with van der Waals surface area (Å²) in [4.78, 5) is 33.8. The molecule has 0 spiro atoms. The van der Waals surface area contributed by atoms with Gasteiger partial charge in [-0.25, -0.2) is 9.37 Å². The topological polar surface area (TPSA) is 65.5 Å². The largest absolute Gasteiger partial charge is 0.337 e. The highest BCUT2D eigenvalue weighted by Crippen LogP contribution is 2.23. The SMILES string of the molecule is CN(C(=O)c1csc(NC(=O)c2ccc(F)c(Cl)c2)n1)C1CCN(Cc2ccccc2)CC1. The number of hydrogen-bond acceptors (Lipinski definition) is 5. The minimum absolute atomic E-state index is 0.130. The van der Waals surface area contributed by atoms with E-state index < -0.39 is 11.7 Å². The maximum atomic E-state index is 13.3. The first-order valence-corrected chi connectivity index (χ1v) is 11.9. The Morgan fingerprint density at radius 2 is 1.94 bits per heavy atom. The van der Waals surface area contributed by atoms with E-state index >= 15 is 0 Å². The number of piperidine rings is 1. The summed E-state index contributed by atoms with van der Waals surface area (Å²) in [7, 11) is 1.80. The number of anilines is 1. The zero-order chi connectivity index (χ0) is 23.4. The second-order valence-electron chi connectivity index (χ2n) is 8.03. The minimum atomic E-state index is -0.593. The van der Waals surface area contributed by atoms with Crippen molar-refractivity contribution in [2.75, 3.05) is 25.5 Å². The normalized spacial score (nSPS) is 14.8. The molecule has 2 aromatic carbocycles. The van der Waals surface area contributed by atoms with Gasteiger partial charge in [0.2, 0.25) is 0 Å². The molecule has 1 N–H and O–H groups in total. The van der Waals surface area contributed by atoms with Crippen molar-refractivity contribution in [1.29, 1.82) is 0 Å². The van der Waals surface area contributed by atoms with Gasteiger partial charge in [-0.1, -0.05) is 41.9 Å². The van der Waals surface area contributed by atoms with Crippen molar-refractivity contribution in [3.63, 3.8) is 0 Å². The molecule has 0 bridgehead atoms. The third-order valence-electron chi connectivity index (χ3n) is 5.80. The molecular formula is C24H24ClFN4O2S. The molecule has 172 valence electrons. The van der Waals surface area contributed by atoms with Gasteiger partial charge in [0, 0.05) is 43.7 Å². The van der Waals surface area contributed by atoms with Crippen LogP contribution in [0, 0.1) is 5.82 Å². The molecule has 1 fully saturated rings. The lowest BCUT2D eigenvalue weighted by molar-refractivity contribution is 0.0631. The third kappa shape index (κ3) is 5.76. The van der Waals surface area contributed by atoms with Gasteiger partial charge in [0.15, 0.2) is 5.13 Å². The summed E-state index contributed by atoms with van der Waals surface area (Å²) in [5.41, 5.74) is 1.80. The summed E-state index contributed by atoms with van der Waals surface area (Å²) in [6, 6.07) is 14.2. The summed E-state index contributed by atoms with van der Waals surface area (Å²) in [6.45, 7) is 2.77. The van der Waals surface area contributed by atoms with Crippen molar-refractivity contribution in [3.8, 4) is 0 Å². The number of amides is 2. The molecule has 2 amide bonds. The average molecular weight is 487 g/mol. The number of nitrogens with one attached hydrogen (secondary N) is 1. The van der Waals surface area contributed by atoms with Gasteiger partial charge in [0.05, 0.1) is 5.02 Å². The van der Waals surface area contributed by atoms with Gasteiger partial charge < -0.3 is 4.90 Å². The number of halogens is 2. The number of nitrogens with zero attached hydrogens (tertiary/aromatic N) is 3. The second-order valence-corrected chi connectivity index (χ2v) is 9.30. The van der Waals surface area contributed by atoms with Crippen molar-refractivity contribution in [3.05, 3.63) is 81.6 Å². The zero-order valence-electron chi connectivity index (χ0n) is 18.1. The highest BCUT2D eigenvalue weighted by atomic mass is 35.5. The maximum Gasteiger partial charge on any atom is 0.273 e. The van der Waals surface area contributed by atoms with E-state index in [0.29, 0.717) is 10.8 Å². The van der Waals surface area contributed by atoms with Crippen molar-refractivity contribution in [2.24, 2.45) is 0 Å². The zero-order valence-corrected chi connectivity index (χ0v) is 19.7. The number of carbonyl (C=O) groups excluding carboxylic acids is 2. The van der Waals surface area contributed by atoms with E-state index in [4.69, 9.17) is 11.6 Å². The van der Waals surface area contributed by atoms with Crippen LogP contribution < -0.4 is 5.32 Å². The number of aromatic nitrogens is 1. The Morgan fingerprint density at radius 3 is 2.64 bits per heavy atom. The summed E-state index contributed by atoms with van der Waals surface area (Å²) < 4.78 is 13.3. The van der Waals surface area contributed by atoms with Crippen molar-refractivity contribution >= 4 is 39.9 Å². The first-order valence-electron chi connectivity index (χ1n) is 10.7. The number of benzene rings is 2. The molecule has 1 aliphatic rings. The van der Waals surface area contributed by atoms with E-state index in [1.54, 1.807) is 17.3 Å². The van der Waals surface area contributed by atoms with E-state index in [1.807, 2.05) is 18.2 Å². The quantitative estimate of drug-likeness (QED) is 0.537. The van der Waals surface area contributed by atoms with E-state index in [0.717, 1.165) is 38.5 Å². The predicted octanol–water partition coefficient (Wildman–Crippen LogP) is 4.92. The van der Waals surface area contributed by atoms with Crippen LogP contribution in [0.3, 0.4) is 0 Å². The van der Waals surface area contributed by atoms with Crippen molar-refractivity contribution in [2.45, 2.75) is 25.4 Å². The smallest absolute Gasteiger partial charge is 0.273 e. The molecule has 6 nitrogen and oxygen atoms in total. The molecule has 4 rings (SSSR count). The summed E-state index contributed by atoms with van der Waals surface area (Å²) >= 11 is 6.91. The van der Waals surface area contributed by atoms with Gasteiger partial charge in [-0.15, -0.1) is 11.3 Å². The van der Waals surface area contributed by atoms with E-state index in [2.05, 4.69) is 27.3 Å². The summed E-state index contributed by atoms with van der Waals surface area (Å²) in [5.74, 6) is -1.23. The lowest BCUT2D eigenvalue weighted by atomic mass is 10.0. The van der Waals surface area contributed by atoms with E-state index in [-0.39, 0.29) is 22.5 Å². The molecule has 0 radical (unpaired) electrons. The molecule has 0 atom stereocenters. The molecule has 0 saturated carbocycles. The highest BCUT2D eigenvalue weighted by molar-refractivity contribution is 7.14. The second kappa shape index (κ2) is 10.4. The Morgan fingerprint density at radius 1 is 1.21 bits per heavy atom. The van der Waals surface area contributed by atoms with Crippen LogP contribution in [-0.2, 0) is 6.54 Å². The predicted molar refractivity (Wildman–Crippen MR) is 128 cm³/mol. The van der Waals surface area contributed by atoms with Gasteiger partial charge in [-0.3, -0.25) is 19.8 Å². The Hall–Kier alpha value is -2.81. The number of likely N-dealkylation sites (tertiary alicyclic amines) is 1. The summed E-state index contributed by atoms with van der Waals surface area (Å²) in [6.07, 6.45) is 1.79. The Balaban J connectivity index is 1.31. The van der Waals surface area contributed by atoms with Crippen LogP contribution in [0.5, 0.6) is 0 Å². The van der Waals surface area contributed by atoms with Crippen LogP contribution in [0.4, 0.5) is 9.52 Å². The van der Waals surface area contributed by atoms with Crippen LogP contribution in [0.2, 0.25) is 5.02 Å². The average Bonchev–Trinajstić information content (AvgIpc) is 3.29. The molecule has 33 heavy (non-hydrogen) atoms. The van der Waals surface area contributed by atoms with Crippen LogP contribution in [0.25, 0.3) is 0 Å². The molecule has 1 aromatic heterocycles. The van der Waals surface area contributed by atoms with Crippen LogP contribution >= 0.6 is 22.9 Å². The van der Waals surface area contributed by atoms with Gasteiger partial charge >= 0.3 is 0 Å². The van der Waals surface area contributed by atoms with Gasteiger partial charge in [0.25, 0.3) is 11.8 Å². The number of hydrogen-bond donors (Lipinski definition) is 1. The monoisotopic (exact) mass is 486 g/mol. The Labute approximate surface area is 201 Å². The molecule has 1 aliphatic heterocycles. The van der Waals surface area contributed by atoms with E-state index in [9.17, 15) is 14.0 Å². The molecule has 1 saturated heterocycles. The lowest BCUT2D eigenvalue weighted by Crippen LogP contribution is -2.45. The maximum absolute atomic E-state index is 13.3. The van der Waals surface area contributed by atoms with Crippen molar-refractivity contribution < 1.29 is 14.0 Å². The number of thiazole rings is 1. The minimum Gasteiger partial charge on any atom is -0.337 e. The molecule has 9 heteroatoms. The molecule has 3 aromatic rings. The van der Waals surface area contributed by atoms with Gasteiger partial charge in [0.1, 0.15) is 11.5 Å². The first kappa shape index (κ1) is 23.4. The molecule has 0 aliphatic carbocycles. The fraction of sp³-hybridized carbons (Fsp3) is 0.292. The fourth-order valence-electron chi connectivity index (χ4n) is 3.89. The lowest BCUT2D eigenvalue weighted by Gasteiger charge is -2.36. The Kier molecular flexibility index (Phi) is 7.37. The molecule has 2 heterocycles. The molecular weight excluding hydrogens is 463 g/mol. The van der Waals surface area contributed by atoms with Crippen molar-refractivity contribution in [1.82, 2.24) is 14.8 Å². The Bertz CT molecular complexity index is 1130. The van der Waals surface area contributed by atoms with Crippen LogP contribution in [-0.4, -0.2) is 52.8 Å². The molecule has 0 unspecified atom stereocenters. The van der Waals surface area contributed by atoms with Crippen LogP contribution in [0.1, 0.15) is 39.3 Å². The fourth-order valence-corrected chi connectivity index (χ4v) is 4.75. The number of rotatable bonds is 6. The first-order chi connectivity index (χ1) is 15.9. The summed E-state index contributed by atoms with van der Waals surface area (Å²) in [5, 5.41) is 4.44. The van der Waals surface area contributed by atoms with E-state index in [1.165, 1.54) is 29.0 Å². The third-order valence-corrected chi connectivity index (χ3v) is 6.85. The van der Waals surface area contributed by atoms with Crippen LogP contribution in [0.15, 0.2) is 53.9 Å². The highest BCUT2D eigenvalue weighted by Gasteiger charge is 2.27.